The molecule has 13 heavy (non-hydrogen) atoms. The molecule has 76 valence electrons. The van der Waals surface area contributed by atoms with E-state index in [1.165, 1.54) is 19.5 Å². The summed E-state index contributed by atoms with van der Waals surface area (Å²) in [6.45, 7) is 9.07. The van der Waals surface area contributed by atoms with Gasteiger partial charge in [0.15, 0.2) is 0 Å². The van der Waals surface area contributed by atoms with E-state index in [0.29, 0.717) is 6.10 Å². The molecule has 0 radical (unpaired) electrons. The summed E-state index contributed by atoms with van der Waals surface area (Å²) in [6, 6.07) is 0. The molecule has 0 aromatic heterocycles. The number of nitrogens with zero attached hydrogens (tertiary/aromatic N) is 1. The van der Waals surface area contributed by atoms with Gasteiger partial charge in [0.05, 0.1) is 6.10 Å². The van der Waals surface area contributed by atoms with E-state index in [4.69, 9.17) is 4.74 Å². The fraction of sp³-hybridized carbons (Fsp3) is 1.00. The van der Waals surface area contributed by atoms with Crippen molar-refractivity contribution in [2.24, 2.45) is 5.92 Å². The highest BCUT2D eigenvalue weighted by molar-refractivity contribution is 4.78. The van der Waals surface area contributed by atoms with Gasteiger partial charge < -0.3 is 10.1 Å². The van der Waals surface area contributed by atoms with Crippen LogP contribution in [-0.2, 0) is 4.74 Å². The Morgan fingerprint density at radius 1 is 1.38 bits per heavy atom. The van der Waals surface area contributed by atoms with E-state index in [0.717, 1.165) is 32.2 Å². The Balaban J connectivity index is 1.75. The van der Waals surface area contributed by atoms with Gasteiger partial charge >= 0.3 is 0 Å². The Hall–Kier alpha value is -0.120. The molecule has 2 unspecified atom stereocenters. The van der Waals surface area contributed by atoms with Crippen molar-refractivity contribution >= 4 is 0 Å². The number of ether oxygens (including phenoxy) is 1. The highest BCUT2D eigenvalue weighted by Crippen LogP contribution is 2.20. The highest BCUT2D eigenvalue weighted by Gasteiger charge is 2.26. The third kappa shape index (κ3) is 2.42. The van der Waals surface area contributed by atoms with Gasteiger partial charge in [0, 0.05) is 39.3 Å². The summed E-state index contributed by atoms with van der Waals surface area (Å²) < 4.78 is 5.71. The van der Waals surface area contributed by atoms with E-state index in [9.17, 15) is 0 Å². The monoisotopic (exact) mass is 184 g/mol. The van der Waals surface area contributed by atoms with Gasteiger partial charge in [0.25, 0.3) is 0 Å². The summed E-state index contributed by atoms with van der Waals surface area (Å²) >= 11 is 0. The second-order valence-corrected chi connectivity index (χ2v) is 4.23. The molecular formula is C10H20N2O. The van der Waals surface area contributed by atoms with Crippen molar-refractivity contribution in [1.82, 2.24) is 10.2 Å². The average molecular weight is 184 g/mol. The minimum Gasteiger partial charge on any atom is -0.377 e. The van der Waals surface area contributed by atoms with E-state index >= 15 is 0 Å². The van der Waals surface area contributed by atoms with Gasteiger partial charge in [0.1, 0.15) is 0 Å². The van der Waals surface area contributed by atoms with Crippen LogP contribution in [-0.4, -0.2) is 50.3 Å². The van der Waals surface area contributed by atoms with Gasteiger partial charge in [-0.05, 0) is 12.3 Å². The number of hydrogen-bond acceptors (Lipinski definition) is 3. The fourth-order valence-electron chi connectivity index (χ4n) is 2.14. The predicted molar refractivity (Wildman–Crippen MR) is 52.8 cm³/mol. The molecule has 2 aliphatic heterocycles. The smallest absolute Gasteiger partial charge is 0.0728 e. The Labute approximate surface area is 80.4 Å². The quantitative estimate of drug-likeness (QED) is 0.669. The van der Waals surface area contributed by atoms with Gasteiger partial charge in [-0.1, -0.05) is 6.92 Å². The molecule has 2 fully saturated rings. The number of nitrogens with one attached hydrogen (secondary N) is 1. The highest BCUT2D eigenvalue weighted by atomic mass is 16.5. The molecule has 0 aromatic rings. The van der Waals surface area contributed by atoms with Crippen molar-refractivity contribution in [2.45, 2.75) is 19.4 Å². The number of piperazine rings is 1. The Bertz CT molecular complexity index is 157. The molecule has 3 heteroatoms. The van der Waals surface area contributed by atoms with E-state index in [1.54, 1.807) is 0 Å². The maximum Gasteiger partial charge on any atom is 0.0728 e. The molecule has 2 rings (SSSR count). The Morgan fingerprint density at radius 3 is 2.77 bits per heavy atom. The van der Waals surface area contributed by atoms with Crippen LogP contribution < -0.4 is 5.32 Å². The van der Waals surface area contributed by atoms with Crippen LogP contribution in [0.3, 0.4) is 0 Å². The zero-order valence-electron chi connectivity index (χ0n) is 8.46. The van der Waals surface area contributed by atoms with Crippen LogP contribution >= 0.6 is 0 Å². The zero-order valence-corrected chi connectivity index (χ0v) is 8.46. The summed E-state index contributed by atoms with van der Waals surface area (Å²) in [5, 5.41) is 3.37. The lowest BCUT2D eigenvalue weighted by Gasteiger charge is -2.30. The lowest BCUT2D eigenvalue weighted by Crippen LogP contribution is -2.46. The third-order valence-electron chi connectivity index (χ3n) is 3.19. The van der Waals surface area contributed by atoms with E-state index < -0.39 is 0 Å². The molecule has 0 saturated carbocycles. The van der Waals surface area contributed by atoms with Crippen molar-refractivity contribution in [1.29, 1.82) is 0 Å². The van der Waals surface area contributed by atoms with Gasteiger partial charge in [0.2, 0.25) is 0 Å². The van der Waals surface area contributed by atoms with E-state index in [1.807, 2.05) is 0 Å². The maximum absolute atomic E-state index is 5.71. The first kappa shape index (κ1) is 9.44. The van der Waals surface area contributed by atoms with Gasteiger partial charge in [-0.25, -0.2) is 0 Å². The minimum atomic E-state index is 0.498. The molecule has 1 N–H and O–H groups in total. The summed E-state index contributed by atoms with van der Waals surface area (Å²) in [4.78, 5) is 2.52. The molecule has 0 bridgehead atoms. The first-order valence-electron chi connectivity index (χ1n) is 5.41. The molecule has 3 nitrogen and oxygen atoms in total. The van der Waals surface area contributed by atoms with Crippen molar-refractivity contribution < 1.29 is 4.74 Å². The molecule has 2 heterocycles. The zero-order chi connectivity index (χ0) is 9.10. The summed E-state index contributed by atoms with van der Waals surface area (Å²) in [5.74, 6) is 0.759. The Morgan fingerprint density at radius 2 is 2.15 bits per heavy atom. The standard InChI is InChI=1S/C10H20N2O/c1-9-2-7-13-10(9)8-12-5-3-11-4-6-12/h9-11H,2-8H2,1H3. The predicted octanol–water partition coefficient (Wildman–Crippen LogP) is 0.317. The summed E-state index contributed by atoms with van der Waals surface area (Å²) in [5.41, 5.74) is 0. The number of rotatable bonds is 2. The number of hydrogen-bond donors (Lipinski definition) is 1. The SMILES string of the molecule is CC1CCOC1CN1CCNCC1. The largest absolute Gasteiger partial charge is 0.377 e. The molecule has 2 aliphatic rings. The molecule has 2 atom stereocenters. The van der Waals surface area contributed by atoms with Gasteiger partial charge in [-0.2, -0.15) is 0 Å². The molecule has 0 aromatic carbocycles. The van der Waals surface area contributed by atoms with Crippen LogP contribution in [0, 0.1) is 5.92 Å². The average Bonchev–Trinajstić information content (AvgIpc) is 2.54. The summed E-state index contributed by atoms with van der Waals surface area (Å²) in [7, 11) is 0. The molecule has 0 aliphatic carbocycles. The van der Waals surface area contributed by atoms with Crippen LogP contribution in [0.2, 0.25) is 0 Å². The van der Waals surface area contributed by atoms with Crippen molar-refractivity contribution in [3.8, 4) is 0 Å². The minimum absolute atomic E-state index is 0.498. The second kappa shape index (κ2) is 4.40. The first-order valence-corrected chi connectivity index (χ1v) is 5.41. The van der Waals surface area contributed by atoms with Gasteiger partial charge in [-0.3, -0.25) is 4.90 Å². The van der Waals surface area contributed by atoms with Crippen LogP contribution in [0.15, 0.2) is 0 Å². The van der Waals surface area contributed by atoms with Crippen LogP contribution in [0.25, 0.3) is 0 Å². The lowest BCUT2D eigenvalue weighted by molar-refractivity contribution is 0.0538. The second-order valence-electron chi connectivity index (χ2n) is 4.23. The van der Waals surface area contributed by atoms with E-state index in [-0.39, 0.29) is 0 Å². The van der Waals surface area contributed by atoms with Crippen LogP contribution in [0.1, 0.15) is 13.3 Å². The van der Waals surface area contributed by atoms with Crippen molar-refractivity contribution in [3.05, 3.63) is 0 Å². The third-order valence-corrected chi connectivity index (χ3v) is 3.19. The van der Waals surface area contributed by atoms with Crippen LogP contribution in [0.5, 0.6) is 0 Å². The maximum atomic E-state index is 5.71. The van der Waals surface area contributed by atoms with Gasteiger partial charge in [-0.15, -0.1) is 0 Å². The fourth-order valence-corrected chi connectivity index (χ4v) is 2.14. The van der Waals surface area contributed by atoms with E-state index in [2.05, 4.69) is 17.1 Å². The molecule has 0 spiro atoms. The molecule has 0 amide bonds. The molecular weight excluding hydrogens is 164 g/mol. The lowest BCUT2D eigenvalue weighted by atomic mass is 10.0. The van der Waals surface area contributed by atoms with Crippen molar-refractivity contribution in [2.75, 3.05) is 39.3 Å². The first-order chi connectivity index (χ1) is 6.36. The molecule has 2 saturated heterocycles. The summed E-state index contributed by atoms with van der Waals surface area (Å²) in [6.07, 6.45) is 1.75. The van der Waals surface area contributed by atoms with Crippen molar-refractivity contribution in [3.63, 3.8) is 0 Å². The topological polar surface area (TPSA) is 24.5 Å². The van der Waals surface area contributed by atoms with Crippen LogP contribution in [0.4, 0.5) is 0 Å². The normalized spacial score (nSPS) is 36.7. The Kier molecular flexibility index (Phi) is 3.19.